The standard InChI is InChI=1S/C12H23NO2/c1-9(2)13-8-10-5-7-15-12(10)11-4-3-6-14-11/h9-13H,3-8H2,1-2H3. The minimum absolute atomic E-state index is 0.346. The SMILES string of the molecule is CC(C)NCC1CCOC1C1CCCO1. The maximum atomic E-state index is 5.82. The molecule has 2 rings (SSSR count). The maximum absolute atomic E-state index is 5.82. The Balaban J connectivity index is 1.81. The number of hydrogen-bond acceptors (Lipinski definition) is 3. The quantitative estimate of drug-likeness (QED) is 0.769. The molecule has 2 aliphatic rings. The molecule has 3 nitrogen and oxygen atoms in total. The summed E-state index contributed by atoms with van der Waals surface area (Å²) in [7, 11) is 0. The zero-order chi connectivity index (χ0) is 10.7. The van der Waals surface area contributed by atoms with Crippen LogP contribution in [0.1, 0.15) is 33.1 Å². The Morgan fingerprint density at radius 3 is 2.73 bits per heavy atom. The van der Waals surface area contributed by atoms with Crippen molar-refractivity contribution >= 4 is 0 Å². The van der Waals surface area contributed by atoms with E-state index >= 15 is 0 Å². The Bertz CT molecular complexity index is 190. The first-order valence-corrected chi connectivity index (χ1v) is 6.24. The van der Waals surface area contributed by atoms with E-state index in [9.17, 15) is 0 Å². The topological polar surface area (TPSA) is 30.5 Å². The van der Waals surface area contributed by atoms with Crippen LogP contribution < -0.4 is 5.32 Å². The predicted octanol–water partition coefficient (Wildman–Crippen LogP) is 1.57. The second-order valence-electron chi connectivity index (χ2n) is 5.00. The number of nitrogens with one attached hydrogen (secondary N) is 1. The van der Waals surface area contributed by atoms with Gasteiger partial charge in [0.1, 0.15) is 0 Å². The van der Waals surface area contributed by atoms with Crippen LogP contribution >= 0.6 is 0 Å². The van der Waals surface area contributed by atoms with Crippen LogP contribution in [0.25, 0.3) is 0 Å². The van der Waals surface area contributed by atoms with Crippen LogP contribution in [-0.4, -0.2) is 38.0 Å². The molecule has 0 spiro atoms. The molecule has 3 heteroatoms. The molecule has 88 valence electrons. The fourth-order valence-electron chi connectivity index (χ4n) is 2.53. The predicted molar refractivity (Wildman–Crippen MR) is 60.0 cm³/mol. The summed E-state index contributed by atoms with van der Waals surface area (Å²) in [6.45, 7) is 7.29. The highest BCUT2D eigenvalue weighted by Gasteiger charge is 2.36. The summed E-state index contributed by atoms with van der Waals surface area (Å²) >= 11 is 0. The summed E-state index contributed by atoms with van der Waals surface area (Å²) in [6, 6.07) is 0.566. The molecule has 0 aliphatic carbocycles. The van der Waals surface area contributed by atoms with Crippen molar-refractivity contribution in [1.29, 1.82) is 0 Å². The molecule has 0 amide bonds. The first-order chi connectivity index (χ1) is 7.27. The molecular weight excluding hydrogens is 190 g/mol. The van der Waals surface area contributed by atoms with E-state index in [4.69, 9.17) is 9.47 Å². The van der Waals surface area contributed by atoms with E-state index in [0.29, 0.717) is 24.2 Å². The van der Waals surface area contributed by atoms with Gasteiger partial charge < -0.3 is 14.8 Å². The molecule has 0 aromatic heterocycles. The molecule has 0 aromatic rings. The molecule has 1 N–H and O–H groups in total. The molecule has 0 radical (unpaired) electrons. The molecule has 0 saturated carbocycles. The third-order valence-corrected chi connectivity index (χ3v) is 3.38. The van der Waals surface area contributed by atoms with Crippen molar-refractivity contribution in [2.45, 2.75) is 51.4 Å². The molecule has 15 heavy (non-hydrogen) atoms. The Morgan fingerprint density at radius 2 is 2.07 bits per heavy atom. The summed E-state index contributed by atoms with van der Waals surface area (Å²) < 4.78 is 11.5. The summed E-state index contributed by atoms with van der Waals surface area (Å²) in [5.74, 6) is 0.649. The summed E-state index contributed by atoms with van der Waals surface area (Å²) in [5.41, 5.74) is 0. The van der Waals surface area contributed by atoms with E-state index in [1.54, 1.807) is 0 Å². The van der Waals surface area contributed by atoms with Gasteiger partial charge in [0.2, 0.25) is 0 Å². The van der Waals surface area contributed by atoms with Crippen LogP contribution in [0, 0.1) is 5.92 Å². The molecule has 2 aliphatic heterocycles. The van der Waals surface area contributed by atoms with Crippen LogP contribution in [0.15, 0.2) is 0 Å². The highest BCUT2D eigenvalue weighted by Crippen LogP contribution is 2.29. The molecule has 2 heterocycles. The number of ether oxygens (including phenoxy) is 2. The van der Waals surface area contributed by atoms with E-state index in [2.05, 4.69) is 19.2 Å². The number of hydrogen-bond donors (Lipinski definition) is 1. The van der Waals surface area contributed by atoms with E-state index < -0.39 is 0 Å². The molecule has 0 bridgehead atoms. The zero-order valence-corrected chi connectivity index (χ0v) is 9.87. The van der Waals surface area contributed by atoms with Crippen LogP contribution in [0.3, 0.4) is 0 Å². The molecule has 3 atom stereocenters. The fourth-order valence-corrected chi connectivity index (χ4v) is 2.53. The summed E-state index contributed by atoms with van der Waals surface area (Å²) in [4.78, 5) is 0. The highest BCUT2D eigenvalue weighted by atomic mass is 16.5. The van der Waals surface area contributed by atoms with Gasteiger partial charge in [-0.15, -0.1) is 0 Å². The van der Waals surface area contributed by atoms with Crippen molar-refractivity contribution in [2.75, 3.05) is 19.8 Å². The van der Waals surface area contributed by atoms with Gasteiger partial charge in [0.05, 0.1) is 12.2 Å². The Hall–Kier alpha value is -0.120. The van der Waals surface area contributed by atoms with Gasteiger partial charge in [-0.3, -0.25) is 0 Å². The largest absolute Gasteiger partial charge is 0.376 e. The molecule has 2 fully saturated rings. The smallest absolute Gasteiger partial charge is 0.0877 e. The van der Waals surface area contributed by atoms with Gasteiger partial charge in [-0.25, -0.2) is 0 Å². The van der Waals surface area contributed by atoms with Crippen molar-refractivity contribution in [3.8, 4) is 0 Å². The average molecular weight is 213 g/mol. The lowest BCUT2D eigenvalue weighted by atomic mass is 9.95. The van der Waals surface area contributed by atoms with E-state index in [1.165, 1.54) is 19.3 Å². The van der Waals surface area contributed by atoms with Crippen LogP contribution in [0.4, 0.5) is 0 Å². The van der Waals surface area contributed by atoms with Crippen LogP contribution in [0.2, 0.25) is 0 Å². The minimum Gasteiger partial charge on any atom is -0.376 e. The number of rotatable bonds is 4. The second kappa shape index (κ2) is 5.28. The zero-order valence-electron chi connectivity index (χ0n) is 9.87. The Morgan fingerprint density at radius 1 is 1.20 bits per heavy atom. The van der Waals surface area contributed by atoms with Gasteiger partial charge in [-0.1, -0.05) is 13.8 Å². The average Bonchev–Trinajstić information content (AvgIpc) is 2.85. The molecule has 0 aromatic carbocycles. The summed E-state index contributed by atoms with van der Waals surface area (Å²) in [6.07, 6.45) is 4.28. The van der Waals surface area contributed by atoms with E-state index in [0.717, 1.165) is 19.8 Å². The van der Waals surface area contributed by atoms with Gasteiger partial charge in [0.25, 0.3) is 0 Å². The van der Waals surface area contributed by atoms with Gasteiger partial charge in [0, 0.05) is 31.7 Å². The van der Waals surface area contributed by atoms with E-state index in [1.807, 2.05) is 0 Å². The molecule has 3 unspecified atom stereocenters. The first kappa shape index (κ1) is 11.4. The van der Waals surface area contributed by atoms with Crippen LogP contribution in [-0.2, 0) is 9.47 Å². The first-order valence-electron chi connectivity index (χ1n) is 6.24. The minimum atomic E-state index is 0.346. The van der Waals surface area contributed by atoms with Crippen molar-refractivity contribution in [2.24, 2.45) is 5.92 Å². The fraction of sp³-hybridized carbons (Fsp3) is 1.00. The maximum Gasteiger partial charge on any atom is 0.0877 e. The lowest BCUT2D eigenvalue weighted by Gasteiger charge is -2.24. The van der Waals surface area contributed by atoms with Crippen LogP contribution in [0.5, 0.6) is 0 Å². The van der Waals surface area contributed by atoms with Crippen molar-refractivity contribution in [1.82, 2.24) is 5.32 Å². The van der Waals surface area contributed by atoms with Crippen molar-refractivity contribution < 1.29 is 9.47 Å². The van der Waals surface area contributed by atoms with Crippen molar-refractivity contribution in [3.05, 3.63) is 0 Å². The lowest BCUT2D eigenvalue weighted by molar-refractivity contribution is -0.0329. The van der Waals surface area contributed by atoms with Gasteiger partial charge >= 0.3 is 0 Å². The summed E-state index contributed by atoms with van der Waals surface area (Å²) in [5, 5.41) is 3.51. The lowest BCUT2D eigenvalue weighted by Crippen LogP contribution is -2.38. The second-order valence-corrected chi connectivity index (χ2v) is 5.00. The third kappa shape index (κ3) is 2.92. The van der Waals surface area contributed by atoms with Gasteiger partial charge in [0.15, 0.2) is 0 Å². The van der Waals surface area contributed by atoms with E-state index in [-0.39, 0.29) is 0 Å². The van der Waals surface area contributed by atoms with Gasteiger partial charge in [-0.2, -0.15) is 0 Å². The Labute approximate surface area is 92.5 Å². The highest BCUT2D eigenvalue weighted by molar-refractivity contribution is 4.86. The van der Waals surface area contributed by atoms with Gasteiger partial charge in [-0.05, 0) is 19.3 Å². The monoisotopic (exact) mass is 213 g/mol. The normalized spacial score (nSPS) is 36.6. The Kier molecular flexibility index (Phi) is 4.00. The molecule has 2 saturated heterocycles. The van der Waals surface area contributed by atoms with Crippen molar-refractivity contribution in [3.63, 3.8) is 0 Å². The molecular formula is C12H23NO2. The third-order valence-electron chi connectivity index (χ3n) is 3.38.